The fourth-order valence-corrected chi connectivity index (χ4v) is 4.28. The second kappa shape index (κ2) is 10.1. The third-order valence-corrected chi connectivity index (χ3v) is 6.21. The van der Waals surface area contributed by atoms with Crippen molar-refractivity contribution in [3.8, 4) is 17.2 Å². The first-order valence-corrected chi connectivity index (χ1v) is 10.6. The molecule has 0 aliphatic carbocycles. The molecule has 29 heavy (non-hydrogen) atoms. The molecule has 162 valence electrons. The number of anilines is 1. The normalized spacial score (nSPS) is 19.1. The predicted molar refractivity (Wildman–Crippen MR) is 114 cm³/mol. The zero-order chi connectivity index (χ0) is 20.8. The van der Waals surface area contributed by atoms with Gasteiger partial charge in [-0.05, 0) is 50.6 Å². The molecule has 0 unspecified atom stereocenters. The van der Waals surface area contributed by atoms with Crippen LogP contribution in [0.1, 0.15) is 32.6 Å². The summed E-state index contributed by atoms with van der Waals surface area (Å²) in [5, 5.41) is 2.97. The number of ether oxygens (including phenoxy) is 3. The molecule has 1 aromatic carbocycles. The van der Waals surface area contributed by atoms with Gasteiger partial charge < -0.3 is 29.3 Å². The number of carbonyl (C=O) groups excluding carboxylic acids is 1. The lowest BCUT2D eigenvalue weighted by Gasteiger charge is -2.37. The number of likely N-dealkylation sites (tertiary alicyclic amines) is 2. The van der Waals surface area contributed by atoms with Crippen LogP contribution in [-0.2, 0) is 0 Å². The molecule has 0 atom stereocenters. The van der Waals surface area contributed by atoms with Gasteiger partial charge in [0.2, 0.25) is 5.75 Å². The highest BCUT2D eigenvalue weighted by atomic mass is 16.5. The standard InChI is InChI=1S/C22H35N3O4/c1-16-5-9-24(10-6-16)15-17-7-11-25(12-8-17)22(26)23-18-13-19(27-2)21(29-4)20(14-18)28-3/h13-14,16-17H,5-12,15H2,1-4H3,(H,23,26). The highest BCUT2D eigenvalue weighted by Crippen LogP contribution is 2.40. The van der Waals surface area contributed by atoms with Gasteiger partial charge >= 0.3 is 6.03 Å². The zero-order valence-corrected chi connectivity index (χ0v) is 18.2. The van der Waals surface area contributed by atoms with Crippen LogP contribution in [0, 0.1) is 11.8 Å². The molecule has 1 N–H and O–H groups in total. The van der Waals surface area contributed by atoms with Crippen LogP contribution in [0.5, 0.6) is 17.2 Å². The van der Waals surface area contributed by atoms with Crippen molar-refractivity contribution in [1.29, 1.82) is 0 Å². The number of piperidine rings is 2. The Kier molecular flexibility index (Phi) is 7.47. The van der Waals surface area contributed by atoms with Gasteiger partial charge in [-0.25, -0.2) is 4.79 Å². The lowest BCUT2D eigenvalue weighted by molar-refractivity contribution is 0.130. The summed E-state index contributed by atoms with van der Waals surface area (Å²) in [5.74, 6) is 3.12. The van der Waals surface area contributed by atoms with E-state index in [1.807, 2.05) is 4.90 Å². The van der Waals surface area contributed by atoms with Crippen LogP contribution in [0.25, 0.3) is 0 Å². The van der Waals surface area contributed by atoms with Crippen molar-refractivity contribution in [2.45, 2.75) is 32.6 Å². The summed E-state index contributed by atoms with van der Waals surface area (Å²) in [5.41, 5.74) is 0.633. The summed E-state index contributed by atoms with van der Waals surface area (Å²) in [4.78, 5) is 17.3. The highest BCUT2D eigenvalue weighted by Gasteiger charge is 2.26. The van der Waals surface area contributed by atoms with Gasteiger partial charge in [-0.2, -0.15) is 0 Å². The van der Waals surface area contributed by atoms with Gasteiger partial charge in [0.15, 0.2) is 11.5 Å². The largest absolute Gasteiger partial charge is 0.493 e. The number of carbonyl (C=O) groups is 1. The molecule has 0 aromatic heterocycles. The van der Waals surface area contributed by atoms with E-state index in [9.17, 15) is 4.79 Å². The molecule has 0 radical (unpaired) electrons. The Hall–Kier alpha value is -2.15. The summed E-state index contributed by atoms with van der Waals surface area (Å²) >= 11 is 0. The number of methoxy groups -OCH3 is 3. The van der Waals surface area contributed by atoms with Crippen LogP contribution in [0.3, 0.4) is 0 Å². The molecule has 7 heteroatoms. The number of benzene rings is 1. The zero-order valence-electron chi connectivity index (χ0n) is 18.2. The molecule has 0 bridgehead atoms. The van der Waals surface area contributed by atoms with Crippen molar-refractivity contribution in [2.24, 2.45) is 11.8 Å². The van der Waals surface area contributed by atoms with E-state index < -0.39 is 0 Å². The molecular formula is C22H35N3O4. The Morgan fingerprint density at radius 3 is 2.07 bits per heavy atom. The fraction of sp³-hybridized carbons (Fsp3) is 0.682. The first-order chi connectivity index (χ1) is 14.0. The van der Waals surface area contributed by atoms with E-state index in [4.69, 9.17) is 14.2 Å². The molecule has 1 aromatic rings. The van der Waals surface area contributed by atoms with Crippen LogP contribution in [-0.4, -0.2) is 69.9 Å². The Balaban J connectivity index is 1.52. The monoisotopic (exact) mass is 405 g/mol. The van der Waals surface area contributed by atoms with E-state index in [0.717, 1.165) is 31.8 Å². The van der Waals surface area contributed by atoms with Crippen molar-refractivity contribution in [1.82, 2.24) is 9.80 Å². The van der Waals surface area contributed by atoms with Crippen LogP contribution in [0.15, 0.2) is 12.1 Å². The maximum atomic E-state index is 12.7. The number of hydrogen-bond donors (Lipinski definition) is 1. The van der Waals surface area contributed by atoms with E-state index in [-0.39, 0.29) is 6.03 Å². The minimum absolute atomic E-state index is 0.0791. The van der Waals surface area contributed by atoms with Gasteiger partial charge in [-0.1, -0.05) is 6.92 Å². The summed E-state index contributed by atoms with van der Waals surface area (Å²) < 4.78 is 16.1. The number of nitrogens with zero attached hydrogens (tertiary/aromatic N) is 2. The Morgan fingerprint density at radius 1 is 0.966 bits per heavy atom. The number of amides is 2. The molecule has 2 saturated heterocycles. The summed E-state index contributed by atoms with van der Waals surface area (Å²) in [7, 11) is 4.70. The SMILES string of the molecule is COc1cc(NC(=O)N2CCC(CN3CCC(C)CC3)CC2)cc(OC)c1OC. The molecule has 0 spiro atoms. The quantitative estimate of drug-likeness (QED) is 0.782. The summed E-state index contributed by atoms with van der Waals surface area (Å²) in [6.07, 6.45) is 4.76. The van der Waals surface area contributed by atoms with Crippen molar-refractivity contribution in [3.63, 3.8) is 0 Å². The van der Waals surface area contributed by atoms with Crippen LogP contribution in [0.2, 0.25) is 0 Å². The van der Waals surface area contributed by atoms with Gasteiger partial charge in [0.25, 0.3) is 0 Å². The number of nitrogens with one attached hydrogen (secondary N) is 1. The van der Waals surface area contributed by atoms with Crippen molar-refractivity contribution in [3.05, 3.63) is 12.1 Å². The molecule has 2 aliphatic rings. The molecule has 2 aliphatic heterocycles. The number of rotatable bonds is 6. The molecule has 2 amide bonds. The molecule has 2 heterocycles. The minimum atomic E-state index is -0.0791. The average molecular weight is 406 g/mol. The molecule has 7 nitrogen and oxygen atoms in total. The van der Waals surface area contributed by atoms with E-state index >= 15 is 0 Å². The summed E-state index contributed by atoms with van der Waals surface area (Å²) in [6.45, 7) is 7.57. The summed E-state index contributed by atoms with van der Waals surface area (Å²) in [6, 6.07) is 3.43. The Labute approximate surface area is 174 Å². The number of hydrogen-bond acceptors (Lipinski definition) is 5. The molecule has 0 saturated carbocycles. The Bertz CT molecular complexity index is 656. The Morgan fingerprint density at radius 2 is 1.55 bits per heavy atom. The minimum Gasteiger partial charge on any atom is -0.493 e. The van der Waals surface area contributed by atoms with Crippen molar-refractivity contribution < 1.29 is 19.0 Å². The predicted octanol–water partition coefficient (Wildman–Crippen LogP) is 3.69. The van der Waals surface area contributed by atoms with E-state index in [1.165, 1.54) is 32.5 Å². The highest BCUT2D eigenvalue weighted by molar-refractivity contribution is 5.90. The molecule has 3 rings (SSSR count). The lowest BCUT2D eigenvalue weighted by Crippen LogP contribution is -2.44. The number of urea groups is 1. The van der Waals surface area contributed by atoms with Gasteiger partial charge in [0.1, 0.15) is 0 Å². The van der Waals surface area contributed by atoms with Crippen LogP contribution in [0.4, 0.5) is 10.5 Å². The molecule has 2 fully saturated rings. The first-order valence-electron chi connectivity index (χ1n) is 10.6. The van der Waals surface area contributed by atoms with Gasteiger partial charge in [0.05, 0.1) is 27.0 Å². The fourth-order valence-electron chi connectivity index (χ4n) is 4.28. The van der Waals surface area contributed by atoms with E-state index in [1.54, 1.807) is 33.5 Å². The van der Waals surface area contributed by atoms with Crippen LogP contribution < -0.4 is 19.5 Å². The van der Waals surface area contributed by atoms with Gasteiger partial charge in [0, 0.05) is 31.8 Å². The van der Waals surface area contributed by atoms with E-state index in [2.05, 4.69) is 17.1 Å². The lowest BCUT2D eigenvalue weighted by atomic mass is 9.93. The topological polar surface area (TPSA) is 63.3 Å². The second-order valence-corrected chi connectivity index (χ2v) is 8.26. The first kappa shape index (κ1) is 21.6. The maximum absolute atomic E-state index is 12.7. The van der Waals surface area contributed by atoms with Crippen molar-refractivity contribution in [2.75, 3.05) is 59.4 Å². The third kappa shape index (κ3) is 5.47. The second-order valence-electron chi connectivity index (χ2n) is 8.26. The van der Waals surface area contributed by atoms with Gasteiger partial charge in [-0.15, -0.1) is 0 Å². The average Bonchev–Trinajstić information content (AvgIpc) is 2.75. The smallest absolute Gasteiger partial charge is 0.321 e. The van der Waals surface area contributed by atoms with Gasteiger partial charge in [-0.3, -0.25) is 0 Å². The van der Waals surface area contributed by atoms with Crippen molar-refractivity contribution >= 4 is 11.7 Å². The van der Waals surface area contributed by atoms with E-state index in [0.29, 0.717) is 28.9 Å². The third-order valence-electron chi connectivity index (χ3n) is 6.21. The van der Waals surface area contributed by atoms with Crippen LogP contribution >= 0.6 is 0 Å². The molecular weight excluding hydrogens is 370 g/mol. The maximum Gasteiger partial charge on any atom is 0.321 e.